The largest absolute Gasteiger partial charge is 0.545 e. The number of hydrogen-bond donors (Lipinski definition) is 0. The molecular formula is C80H147NO8. The van der Waals surface area contributed by atoms with E-state index in [0.717, 1.165) is 64.2 Å². The molecule has 0 bridgehead atoms. The number of carbonyl (C=O) groups is 3. The van der Waals surface area contributed by atoms with Gasteiger partial charge in [-0.25, -0.2) is 0 Å². The van der Waals surface area contributed by atoms with Crippen LogP contribution in [0.3, 0.4) is 0 Å². The van der Waals surface area contributed by atoms with Crippen LogP contribution in [-0.2, 0) is 33.3 Å². The minimum Gasteiger partial charge on any atom is -0.545 e. The molecule has 0 fully saturated rings. The number of likely N-dealkylation sites (N-methyl/N-ethyl adjacent to an activating group) is 1. The molecule has 2 atom stereocenters. The second-order valence-electron chi connectivity index (χ2n) is 27.3. The highest BCUT2D eigenvalue weighted by Crippen LogP contribution is 2.19. The van der Waals surface area contributed by atoms with Crippen molar-refractivity contribution in [2.45, 2.75) is 386 Å². The zero-order valence-electron chi connectivity index (χ0n) is 59.6. The fourth-order valence-electron chi connectivity index (χ4n) is 11.3. The molecule has 0 spiro atoms. The minimum absolute atomic E-state index is 0.147. The molecule has 0 radical (unpaired) electrons. The second kappa shape index (κ2) is 70.9. The van der Waals surface area contributed by atoms with Crippen LogP contribution in [0.25, 0.3) is 0 Å². The second-order valence-corrected chi connectivity index (χ2v) is 27.3. The average Bonchev–Trinajstić information content (AvgIpc) is 3.64. The fraction of sp³-hybridized carbons (Fsp3) is 0.838. The van der Waals surface area contributed by atoms with Gasteiger partial charge in [-0.05, 0) is 83.5 Å². The Labute approximate surface area is 552 Å². The molecule has 520 valence electrons. The molecule has 0 rings (SSSR count). The maximum atomic E-state index is 12.9. The van der Waals surface area contributed by atoms with Crippen molar-refractivity contribution in [1.82, 2.24) is 0 Å². The number of aliphatic carboxylic acids is 1. The summed E-state index contributed by atoms with van der Waals surface area (Å²) in [6, 6.07) is 0. The van der Waals surface area contributed by atoms with Crippen molar-refractivity contribution in [2.24, 2.45) is 0 Å². The van der Waals surface area contributed by atoms with Gasteiger partial charge in [0.25, 0.3) is 0 Å². The molecule has 0 aromatic carbocycles. The van der Waals surface area contributed by atoms with Gasteiger partial charge in [0, 0.05) is 12.8 Å². The highest BCUT2D eigenvalue weighted by molar-refractivity contribution is 5.70. The van der Waals surface area contributed by atoms with Crippen molar-refractivity contribution in [3.8, 4) is 0 Å². The third-order valence-electron chi connectivity index (χ3n) is 17.2. The van der Waals surface area contributed by atoms with E-state index in [1.165, 1.54) is 276 Å². The Bertz CT molecular complexity index is 1650. The van der Waals surface area contributed by atoms with Gasteiger partial charge in [-0.1, -0.05) is 338 Å². The number of carbonyl (C=O) groups excluding carboxylic acids is 3. The first-order chi connectivity index (χ1) is 43.6. The molecule has 0 saturated heterocycles. The zero-order valence-corrected chi connectivity index (χ0v) is 59.6. The van der Waals surface area contributed by atoms with Crippen LogP contribution in [0, 0.1) is 0 Å². The van der Waals surface area contributed by atoms with E-state index in [9.17, 15) is 19.5 Å². The summed E-state index contributed by atoms with van der Waals surface area (Å²) in [6.45, 7) is 4.77. The number of nitrogens with zero attached hydrogens (tertiary/aromatic N) is 1. The molecule has 0 aromatic heterocycles. The number of hydrogen-bond acceptors (Lipinski definition) is 8. The molecular weight excluding hydrogens is 1100 g/mol. The summed E-state index contributed by atoms with van der Waals surface area (Å²) in [4.78, 5) is 37.5. The number of quaternary nitrogens is 1. The highest BCUT2D eigenvalue weighted by atomic mass is 16.7. The summed E-state index contributed by atoms with van der Waals surface area (Å²) in [6.07, 6.45) is 90.5. The lowest BCUT2D eigenvalue weighted by atomic mass is 10.0. The third kappa shape index (κ3) is 72.3. The van der Waals surface area contributed by atoms with Crippen LogP contribution in [0.15, 0.2) is 60.8 Å². The molecule has 0 aliphatic heterocycles. The molecule has 0 aliphatic carbocycles. The van der Waals surface area contributed by atoms with Gasteiger partial charge in [0.05, 0.1) is 40.3 Å². The predicted molar refractivity (Wildman–Crippen MR) is 380 cm³/mol. The van der Waals surface area contributed by atoms with Crippen molar-refractivity contribution >= 4 is 17.9 Å². The Morgan fingerprint density at radius 3 is 0.899 bits per heavy atom. The molecule has 9 heteroatoms. The fourth-order valence-corrected chi connectivity index (χ4v) is 11.3. The highest BCUT2D eigenvalue weighted by Gasteiger charge is 2.22. The van der Waals surface area contributed by atoms with Gasteiger partial charge in [-0.3, -0.25) is 9.59 Å². The Kier molecular flexibility index (Phi) is 68.5. The lowest BCUT2D eigenvalue weighted by molar-refractivity contribution is -0.870. The van der Waals surface area contributed by atoms with Crippen LogP contribution < -0.4 is 5.11 Å². The normalized spacial score (nSPS) is 13.0. The molecule has 9 nitrogen and oxygen atoms in total. The van der Waals surface area contributed by atoms with E-state index in [2.05, 4.69) is 74.6 Å². The van der Waals surface area contributed by atoms with E-state index in [4.69, 9.17) is 18.9 Å². The summed E-state index contributed by atoms with van der Waals surface area (Å²) >= 11 is 0. The molecule has 0 aromatic rings. The van der Waals surface area contributed by atoms with Crippen molar-refractivity contribution in [1.29, 1.82) is 0 Å². The first kappa shape index (κ1) is 86.0. The van der Waals surface area contributed by atoms with E-state index in [1.54, 1.807) is 0 Å². The monoisotopic (exact) mass is 1250 g/mol. The van der Waals surface area contributed by atoms with E-state index >= 15 is 0 Å². The van der Waals surface area contributed by atoms with Crippen LogP contribution in [0.5, 0.6) is 0 Å². The number of rotatable bonds is 72. The standard InChI is InChI=1S/C80H147NO8/c1-6-8-10-12-14-16-18-20-22-24-26-28-30-32-33-34-35-36-37-38-39-40-41-42-43-44-45-47-48-50-52-54-56-58-60-62-64-66-68-70-77(82)87-74-76(75-88-80(79(84)85)86-73-72-81(3,4)5)89-78(83)71-69-67-65-63-61-59-57-55-53-51-49-46-31-29-27-25-23-21-19-17-15-13-11-9-7-2/h18-21,24-27,31,46,76,80H,6-17,22-23,28-30,32-45,47-75H2,1-5H3/b20-18-,21-19-,26-24-,27-25-,46-31-. The summed E-state index contributed by atoms with van der Waals surface area (Å²) in [5.74, 6) is -2.27. The summed E-state index contributed by atoms with van der Waals surface area (Å²) in [5.41, 5.74) is 0. The van der Waals surface area contributed by atoms with Gasteiger partial charge >= 0.3 is 11.9 Å². The smallest absolute Gasteiger partial charge is 0.306 e. The Hall–Kier alpha value is -3.01. The molecule has 0 heterocycles. The number of unbranched alkanes of at least 4 members (excludes halogenated alkanes) is 47. The van der Waals surface area contributed by atoms with Gasteiger partial charge < -0.3 is 33.3 Å². The van der Waals surface area contributed by atoms with E-state index < -0.39 is 24.3 Å². The van der Waals surface area contributed by atoms with Crippen molar-refractivity contribution in [2.75, 3.05) is 47.5 Å². The Balaban J connectivity index is 3.98. The molecule has 0 amide bonds. The lowest BCUT2D eigenvalue weighted by Crippen LogP contribution is -2.44. The third-order valence-corrected chi connectivity index (χ3v) is 17.2. The molecule has 0 aliphatic rings. The van der Waals surface area contributed by atoms with Gasteiger partial charge in [-0.2, -0.15) is 0 Å². The summed E-state index contributed by atoms with van der Waals surface area (Å²) < 4.78 is 22.8. The summed E-state index contributed by atoms with van der Waals surface area (Å²) in [7, 11) is 5.94. The quantitative estimate of drug-likeness (QED) is 0.0195. The van der Waals surface area contributed by atoms with Crippen LogP contribution in [0.4, 0.5) is 0 Å². The lowest BCUT2D eigenvalue weighted by Gasteiger charge is -2.26. The van der Waals surface area contributed by atoms with Gasteiger partial charge in [0.2, 0.25) is 0 Å². The van der Waals surface area contributed by atoms with Gasteiger partial charge in [0.1, 0.15) is 13.2 Å². The zero-order chi connectivity index (χ0) is 64.7. The van der Waals surface area contributed by atoms with Crippen LogP contribution in [0.2, 0.25) is 0 Å². The first-order valence-electron chi connectivity index (χ1n) is 38.4. The first-order valence-corrected chi connectivity index (χ1v) is 38.4. The van der Waals surface area contributed by atoms with Gasteiger partial charge in [-0.15, -0.1) is 0 Å². The Morgan fingerprint density at radius 2 is 0.607 bits per heavy atom. The molecule has 89 heavy (non-hydrogen) atoms. The minimum atomic E-state index is -1.62. The summed E-state index contributed by atoms with van der Waals surface area (Å²) in [5, 5.41) is 11.8. The predicted octanol–water partition coefficient (Wildman–Crippen LogP) is 22.9. The van der Waals surface area contributed by atoms with Crippen molar-refractivity contribution in [3.05, 3.63) is 60.8 Å². The van der Waals surface area contributed by atoms with Crippen LogP contribution in [0.1, 0.15) is 373 Å². The van der Waals surface area contributed by atoms with E-state index in [1.807, 2.05) is 21.1 Å². The van der Waals surface area contributed by atoms with Gasteiger partial charge in [0.15, 0.2) is 12.4 Å². The maximum Gasteiger partial charge on any atom is 0.306 e. The Morgan fingerprint density at radius 1 is 0.337 bits per heavy atom. The van der Waals surface area contributed by atoms with Crippen LogP contribution >= 0.6 is 0 Å². The van der Waals surface area contributed by atoms with Crippen molar-refractivity contribution < 1.29 is 42.9 Å². The van der Waals surface area contributed by atoms with Crippen LogP contribution in [-0.4, -0.2) is 82.3 Å². The molecule has 2 unspecified atom stereocenters. The number of carboxylic acids is 1. The number of ether oxygens (including phenoxy) is 4. The van der Waals surface area contributed by atoms with E-state index in [0.29, 0.717) is 23.9 Å². The SMILES string of the molecule is CCCCCCC/C=C\C/C=C\C/C=C\CCCCCCCCCCCCC(=O)OC(COC(=O)CCCCCCCCCCCCCCCCCCCCCCCCCCCCC/C=C\C/C=C\CCCCCCC)COC(OCC[N+](C)(C)C)C(=O)[O-]. The van der Waals surface area contributed by atoms with E-state index in [-0.39, 0.29) is 32.2 Å². The number of esters is 2. The topological polar surface area (TPSA) is 111 Å². The average molecular weight is 1250 g/mol. The maximum absolute atomic E-state index is 12.9. The molecule has 0 N–H and O–H groups in total. The van der Waals surface area contributed by atoms with Crippen molar-refractivity contribution in [3.63, 3.8) is 0 Å². The number of allylic oxidation sites excluding steroid dienone is 10. The molecule has 0 saturated carbocycles. The number of carboxylic acid groups (broad SMARTS) is 1.